The summed E-state index contributed by atoms with van der Waals surface area (Å²) in [4.78, 5) is 29.0. The van der Waals surface area contributed by atoms with Crippen LogP contribution in [-0.4, -0.2) is 45.6 Å². The molecular formula is C21H24N2O2S2. The number of allylic oxidation sites excluding steroid dienone is 2. The van der Waals surface area contributed by atoms with Gasteiger partial charge in [-0.05, 0) is 43.4 Å². The van der Waals surface area contributed by atoms with Gasteiger partial charge in [-0.1, -0.05) is 60.4 Å². The van der Waals surface area contributed by atoms with Gasteiger partial charge in [0.15, 0.2) is 0 Å². The van der Waals surface area contributed by atoms with Crippen LogP contribution in [0.4, 0.5) is 0 Å². The molecule has 0 spiro atoms. The number of likely N-dealkylation sites (tertiary alicyclic amines) is 1. The van der Waals surface area contributed by atoms with Gasteiger partial charge in [-0.2, -0.15) is 0 Å². The predicted octanol–water partition coefficient (Wildman–Crippen LogP) is 4.24. The summed E-state index contributed by atoms with van der Waals surface area (Å²) in [5, 5.41) is 0. The number of nitrogens with zero attached hydrogens (tertiary/aromatic N) is 2. The molecule has 6 heteroatoms. The van der Waals surface area contributed by atoms with Gasteiger partial charge in [0, 0.05) is 26.1 Å². The van der Waals surface area contributed by atoms with Crippen LogP contribution >= 0.6 is 24.0 Å². The molecule has 2 aliphatic rings. The predicted molar refractivity (Wildman–Crippen MR) is 115 cm³/mol. The molecule has 0 saturated carbocycles. The summed E-state index contributed by atoms with van der Waals surface area (Å²) in [7, 11) is 0. The molecule has 1 aromatic carbocycles. The monoisotopic (exact) mass is 400 g/mol. The van der Waals surface area contributed by atoms with E-state index in [2.05, 4.69) is 0 Å². The summed E-state index contributed by atoms with van der Waals surface area (Å²) in [5.41, 5.74) is 2.10. The summed E-state index contributed by atoms with van der Waals surface area (Å²) in [6.07, 6.45) is 7.25. The average Bonchev–Trinajstić information content (AvgIpc) is 3.27. The van der Waals surface area contributed by atoms with Crippen molar-refractivity contribution in [1.82, 2.24) is 9.80 Å². The van der Waals surface area contributed by atoms with Gasteiger partial charge in [0.05, 0.1) is 4.91 Å². The number of carbonyl (C=O) groups excluding carboxylic acids is 2. The Balaban J connectivity index is 1.56. The number of hydrogen-bond donors (Lipinski definition) is 0. The van der Waals surface area contributed by atoms with Gasteiger partial charge in [-0.25, -0.2) is 0 Å². The first-order chi connectivity index (χ1) is 13.0. The van der Waals surface area contributed by atoms with E-state index in [1.54, 1.807) is 4.90 Å². The molecule has 0 atom stereocenters. The van der Waals surface area contributed by atoms with E-state index in [9.17, 15) is 9.59 Å². The van der Waals surface area contributed by atoms with E-state index in [1.807, 2.05) is 54.3 Å². The van der Waals surface area contributed by atoms with E-state index >= 15 is 0 Å². The van der Waals surface area contributed by atoms with Crippen molar-refractivity contribution in [2.75, 3.05) is 19.6 Å². The fourth-order valence-electron chi connectivity index (χ4n) is 3.27. The summed E-state index contributed by atoms with van der Waals surface area (Å²) in [5.74, 6) is 0.134. The third-order valence-electron chi connectivity index (χ3n) is 4.66. The number of thioether (sulfide) groups is 1. The Morgan fingerprint density at radius 3 is 2.63 bits per heavy atom. The van der Waals surface area contributed by atoms with Crippen molar-refractivity contribution in [1.29, 1.82) is 0 Å². The van der Waals surface area contributed by atoms with Gasteiger partial charge in [0.2, 0.25) is 5.91 Å². The van der Waals surface area contributed by atoms with Gasteiger partial charge in [-0.3, -0.25) is 14.5 Å². The van der Waals surface area contributed by atoms with Crippen molar-refractivity contribution in [3.8, 4) is 0 Å². The molecule has 0 N–H and O–H groups in total. The van der Waals surface area contributed by atoms with Crippen molar-refractivity contribution < 1.29 is 9.59 Å². The molecule has 4 nitrogen and oxygen atoms in total. The van der Waals surface area contributed by atoms with Crippen molar-refractivity contribution in [3.63, 3.8) is 0 Å². The van der Waals surface area contributed by atoms with Crippen LogP contribution in [0.15, 0.2) is 46.9 Å². The molecule has 0 aromatic heterocycles. The first-order valence-corrected chi connectivity index (χ1v) is 10.5. The maximum Gasteiger partial charge on any atom is 0.266 e. The maximum absolute atomic E-state index is 12.7. The van der Waals surface area contributed by atoms with Gasteiger partial charge < -0.3 is 4.90 Å². The number of benzene rings is 1. The second-order valence-corrected chi connectivity index (χ2v) is 8.50. The third-order valence-corrected chi connectivity index (χ3v) is 6.04. The topological polar surface area (TPSA) is 40.6 Å². The molecule has 27 heavy (non-hydrogen) atoms. The molecule has 2 fully saturated rings. The molecule has 0 unspecified atom stereocenters. The molecule has 0 radical (unpaired) electrons. The lowest BCUT2D eigenvalue weighted by Gasteiger charge is -2.17. The Labute approximate surface area is 170 Å². The molecule has 2 aliphatic heterocycles. The van der Waals surface area contributed by atoms with Crippen molar-refractivity contribution in [2.24, 2.45) is 0 Å². The lowest BCUT2D eigenvalue weighted by Crippen LogP contribution is -2.31. The van der Waals surface area contributed by atoms with E-state index in [1.165, 1.54) is 11.8 Å². The fraction of sp³-hybridized carbons (Fsp3) is 0.381. The third kappa shape index (κ3) is 5.30. The maximum atomic E-state index is 12.7. The highest BCUT2D eigenvalue weighted by atomic mass is 32.2. The Morgan fingerprint density at radius 2 is 1.93 bits per heavy atom. The molecule has 2 saturated heterocycles. The van der Waals surface area contributed by atoms with Crippen LogP contribution in [0.5, 0.6) is 0 Å². The minimum Gasteiger partial charge on any atom is -0.343 e. The lowest BCUT2D eigenvalue weighted by molar-refractivity contribution is -0.130. The zero-order valence-electron chi connectivity index (χ0n) is 15.5. The number of carbonyl (C=O) groups is 2. The quantitative estimate of drug-likeness (QED) is 0.529. The molecule has 1 aromatic rings. The van der Waals surface area contributed by atoms with Gasteiger partial charge in [0.1, 0.15) is 4.32 Å². The van der Waals surface area contributed by atoms with Crippen LogP contribution in [0, 0.1) is 0 Å². The number of amides is 2. The number of rotatable bonds is 6. The van der Waals surface area contributed by atoms with E-state index < -0.39 is 0 Å². The lowest BCUT2D eigenvalue weighted by atomic mass is 10.1. The molecule has 142 valence electrons. The van der Waals surface area contributed by atoms with Crippen LogP contribution in [0.25, 0.3) is 6.08 Å². The summed E-state index contributed by atoms with van der Waals surface area (Å²) in [6.45, 7) is 4.22. The number of hydrogen-bond acceptors (Lipinski definition) is 4. The largest absolute Gasteiger partial charge is 0.343 e. The van der Waals surface area contributed by atoms with E-state index in [0.717, 1.165) is 37.1 Å². The smallest absolute Gasteiger partial charge is 0.266 e. The molecular weight excluding hydrogens is 376 g/mol. The standard InChI is InChI=1S/C21H24N2O2S2/c1-16(14-17-8-3-2-4-9-17)15-18-20(25)23(21(26)27-18)13-7-10-19(24)22-11-5-6-12-22/h2-4,8-9,14-15H,5-7,10-13H2,1H3/b16-14+,18-15-. The molecule has 2 amide bonds. The van der Waals surface area contributed by atoms with Crippen LogP contribution in [0.3, 0.4) is 0 Å². The molecule has 3 rings (SSSR count). The fourth-order valence-corrected chi connectivity index (χ4v) is 4.62. The van der Waals surface area contributed by atoms with Gasteiger partial charge in [-0.15, -0.1) is 0 Å². The second kappa shape index (κ2) is 9.33. The van der Waals surface area contributed by atoms with Crippen molar-refractivity contribution in [3.05, 3.63) is 52.4 Å². The Kier molecular flexibility index (Phi) is 6.85. The highest BCUT2D eigenvalue weighted by Gasteiger charge is 2.31. The summed E-state index contributed by atoms with van der Waals surface area (Å²) in [6, 6.07) is 10.0. The Hall–Kier alpha value is -1.92. The minimum atomic E-state index is -0.0561. The molecule has 0 bridgehead atoms. The highest BCUT2D eigenvalue weighted by Crippen LogP contribution is 2.32. The van der Waals surface area contributed by atoms with Crippen LogP contribution in [-0.2, 0) is 9.59 Å². The van der Waals surface area contributed by atoms with E-state index in [0.29, 0.717) is 28.6 Å². The van der Waals surface area contributed by atoms with Gasteiger partial charge >= 0.3 is 0 Å². The van der Waals surface area contributed by atoms with Gasteiger partial charge in [0.25, 0.3) is 5.91 Å². The Morgan fingerprint density at radius 1 is 1.22 bits per heavy atom. The summed E-state index contributed by atoms with van der Waals surface area (Å²) < 4.78 is 0.576. The molecule has 2 heterocycles. The van der Waals surface area contributed by atoms with Crippen LogP contribution < -0.4 is 0 Å². The van der Waals surface area contributed by atoms with Crippen molar-refractivity contribution in [2.45, 2.75) is 32.6 Å². The average molecular weight is 401 g/mol. The second-order valence-electron chi connectivity index (χ2n) is 6.82. The highest BCUT2D eigenvalue weighted by molar-refractivity contribution is 8.26. The normalized spacial score (nSPS) is 19.4. The Bertz CT molecular complexity index is 781. The van der Waals surface area contributed by atoms with Crippen molar-refractivity contribution >= 4 is 46.2 Å². The van der Waals surface area contributed by atoms with Crippen LogP contribution in [0.2, 0.25) is 0 Å². The SMILES string of the molecule is CC(/C=C1\SC(=S)N(CCCC(=O)N2CCCC2)C1=O)=C\c1ccccc1. The van der Waals surface area contributed by atoms with E-state index in [-0.39, 0.29) is 11.8 Å². The first-order valence-electron chi connectivity index (χ1n) is 9.31. The van der Waals surface area contributed by atoms with Crippen LogP contribution in [0.1, 0.15) is 38.2 Å². The molecule has 0 aliphatic carbocycles. The zero-order valence-corrected chi connectivity index (χ0v) is 17.2. The zero-order chi connectivity index (χ0) is 19.2. The van der Waals surface area contributed by atoms with E-state index in [4.69, 9.17) is 12.2 Å². The summed E-state index contributed by atoms with van der Waals surface area (Å²) >= 11 is 6.71. The first kappa shape index (κ1) is 19.8. The minimum absolute atomic E-state index is 0.0561. The number of thiocarbonyl (C=S) groups is 1.